The van der Waals surface area contributed by atoms with Gasteiger partial charge in [0.25, 0.3) is 0 Å². The van der Waals surface area contributed by atoms with E-state index in [1.165, 1.54) is 0 Å². The normalized spacial score (nSPS) is 39.0. The summed E-state index contributed by atoms with van der Waals surface area (Å²) in [6, 6.07) is 0.334. The molecular weight excluding hydrogens is 253 g/mol. The van der Waals surface area contributed by atoms with Crippen molar-refractivity contribution in [1.29, 1.82) is 0 Å². The molecule has 1 saturated heterocycles. The molecule has 2 aliphatic rings. The first kappa shape index (κ1) is 15.1. The fourth-order valence-electron chi connectivity index (χ4n) is 3.65. The maximum absolute atomic E-state index is 13.0. The van der Waals surface area contributed by atoms with Crippen molar-refractivity contribution < 1.29 is 13.2 Å². The van der Waals surface area contributed by atoms with E-state index in [9.17, 15) is 13.2 Å². The van der Waals surface area contributed by atoms with Gasteiger partial charge in [0.1, 0.15) is 0 Å². The highest BCUT2D eigenvalue weighted by Crippen LogP contribution is 2.34. The van der Waals surface area contributed by atoms with Gasteiger partial charge in [0.05, 0.1) is 5.92 Å². The molecule has 1 aliphatic heterocycles. The fourth-order valence-corrected chi connectivity index (χ4v) is 3.65. The SMILES string of the molecule is CC1CCC(N2CCNCC(C(F)(F)F)C2)C(C)C1. The van der Waals surface area contributed by atoms with Crippen molar-refractivity contribution in [2.45, 2.75) is 45.3 Å². The van der Waals surface area contributed by atoms with Crippen LogP contribution in [0.4, 0.5) is 13.2 Å². The van der Waals surface area contributed by atoms with Gasteiger partial charge in [0, 0.05) is 32.2 Å². The maximum Gasteiger partial charge on any atom is 0.394 e. The largest absolute Gasteiger partial charge is 0.394 e. The lowest BCUT2D eigenvalue weighted by Crippen LogP contribution is -2.47. The van der Waals surface area contributed by atoms with E-state index in [0.717, 1.165) is 31.7 Å². The Morgan fingerprint density at radius 1 is 1.16 bits per heavy atom. The van der Waals surface area contributed by atoms with Crippen LogP contribution in [-0.2, 0) is 0 Å². The minimum atomic E-state index is -4.08. The second-order valence-electron chi connectivity index (χ2n) is 6.40. The van der Waals surface area contributed by atoms with Crippen LogP contribution in [0.25, 0.3) is 0 Å². The van der Waals surface area contributed by atoms with E-state index < -0.39 is 12.1 Å². The molecule has 0 spiro atoms. The monoisotopic (exact) mass is 278 g/mol. The summed E-state index contributed by atoms with van der Waals surface area (Å²) in [6.45, 7) is 6.09. The van der Waals surface area contributed by atoms with Crippen LogP contribution >= 0.6 is 0 Å². The summed E-state index contributed by atoms with van der Waals surface area (Å²) in [5, 5.41) is 2.93. The summed E-state index contributed by atoms with van der Waals surface area (Å²) in [7, 11) is 0. The van der Waals surface area contributed by atoms with Crippen LogP contribution in [0, 0.1) is 17.8 Å². The maximum atomic E-state index is 13.0. The van der Waals surface area contributed by atoms with Crippen molar-refractivity contribution in [3.8, 4) is 0 Å². The number of nitrogens with zero attached hydrogens (tertiary/aromatic N) is 1. The van der Waals surface area contributed by atoms with Gasteiger partial charge in [0.15, 0.2) is 0 Å². The molecule has 4 atom stereocenters. The summed E-state index contributed by atoms with van der Waals surface area (Å²) in [5.74, 6) is 0.00653. The van der Waals surface area contributed by atoms with Crippen LogP contribution in [0.3, 0.4) is 0 Å². The standard InChI is InChI=1S/C14H25F3N2/c1-10-3-4-13(11(2)7-10)19-6-5-18-8-12(9-19)14(15,16)17/h10-13,18H,3-9H2,1-2H3. The molecule has 1 saturated carbocycles. The molecule has 1 aliphatic carbocycles. The van der Waals surface area contributed by atoms with E-state index in [-0.39, 0.29) is 13.1 Å². The van der Waals surface area contributed by atoms with E-state index in [2.05, 4.69) is 24.1 Å². The van der Waals surface area contributed by atoms with Gasteiger partial charge in [-0.25, -0.2) is 0 Å². The van der Waals surface area contributed by atoms with Crippen molar-refractivity contribution in [2.75, 3.05) is 26.2 Å². The van der Waals surface area contributed by atoms with Gasteiger partial charge in [-0.2, -0.15) is 13.2 Å². The lowest BCUT2D eigenvalue weighted by Gasteiger charge is -2.41. The molecule has 5 heteroatoms. The first-order chi connectivity index (χ1) is 8.88. The first-order valence-electron chi connectivity index (χ1n) is 7.39. The summed E-state index contributed by atoms with van der Waals surface area (Å²) >= 11 is 0. The lowest BCUT2D eigenvalue weighted by molar-refractivity contribution is -0.177. The number of nitrogens with one attached hydrogen (secondary N) is 1. The minimum Gasteiger partial charge on any atom is -0.315 e. The molecule has 2 fully saturated rings. The van der Waals surface area contributed by atoms with Gasteiger partial charge in [-0.15, -0.1) is 0 Å². The Balaban J connectivity index is 2.02. The molecule has 2 nitrogen and oxygen atoms in total. The van der Waals surface area contributed by atoms with Crippen LogP contribution in [0.2, 0.25) is 0 Å². The van der Waals surface area contributed by atoms with Gasteiger partial charge in [-0.1, -0.05) is 13.8 Å². The Morgan fingerprint density at radius 2 is 1.89 bits per heavy atom. The third-order valence-corrected chi connectivity index (χ3v) is 4.74. The highest BCUT2D eigenvalue weighted by molar-refractivity contribution is 4.88. The molecule has 1 N–H and O–H groups in total. The summed E-state index contributed by atoms with van der Waals surface area (Å²) in [5.41, 5.74) is 0. The van der Waals surface area contributed by atoms with Crippen LogP contribution in [0.15, 0.2) is 0 Å². The minimum absolute atomic E-state index is 0.0670. The van der Waals surface area contributed by atoms with E-state index in [1.807, 2.05) is 0 Å². The molecule has 1 heterocycles. The van der Waals surface area contributed by atoms with Crippen molar-refractivity contribution in [2.24, 2.45) is 17.8 Å². The number of halogens is 3. The summed E-state index contributed by atoms with van der Waals surface area (Å²) in [6.07, 6.45) is -0.741. The fraction of sp³-hybridized carbons (Fsp3) is 1.00. The van der Waals surface area contributed by atoms with Crippen LogP contribution in [0.5, 0.6) is 0 Å². The van der Waals surface area contributed by atoms with Crippen LogP contribution in [0.1, 0.15) is 33.1 Å². The summed E-state index contributed by atoms with van der Waals surface area (Å²) in [4.78, 5) is 2.09. The molecule has 2 rings (SSSR count). The van der Waals surface area contributed by atoms with Crippen LogP contribution in [-0.4, -0.2) is 43.3 Å². The molecule has 0 radical (unpaired) electrons. The zero-order valence-electron chi connectivity index (χ0n) is 11.8. The van der Waals surface area contributed by atoms with Crippen molar-refractivity contribution in [3.63, 3.8) is 0 Å². The zero-order valence-corrected chi connectivity index (χ0v) is 11.8. The third-order valence-electron chi connectivity index (χ3n) is 4.74. The highest BCUT2D eigenvalue weighted by atomic mass is 19.4. The Bertz CT molecular complexity index is 293. The van der Waals surface area contributed by atoms with Crippen LogP contribution < -0.4 is 5.32 Å². The smallest absolute Gasteiger partial charge is 0.315 e. The zero-order chi connectivity index (χ0) is 14.0. The number of hydrogen-bond donors (Lipinski definition) is 1. The van der Waals surface area contributed by atoms with E-state index in [1.54, 1.807) is 0 Å². The summed E-state index contributed by atoms with van der Waals surface area (Å²) < 4.78 is 38.9. The topological polar surface area (TPSA) is 15.3 Å². The number of hydrogen-bond acceptors (Lipinski definition) is 2. The molecule has 19 heavy (non-hydrogen) atoms. The Kier molecular flexibility index (Phi) is 4.77. The average molecular weight is 278 g/mol. The van der Waals surface area contributed by atoms with Crippen molar-refractivity contribution in [1.82, 2.24) is 10.2 Å². The lowest BCUT2D eigenvalue weighted by atomic mass is 9.79. The number of alkyl halides is 3. The predicted octanol–water partition coefficient (Wildman–Crippen LogP) is 2.89. The highest BCUT2D eigenvalue weighted by Gasteiger charge is 2.43. The Morgan fingerprint density at radius 3 is 2.53 bits per heavy atom. The van der Waals surface area contributed by atoms with Crippen molar-refractivity contribution >= 4 is 0 Å². The van der Waals surface area contributed by atoms with Gasteiger partial charge in [0.2, 0.25) is 0 Å². The quantitative estimate of drug-likeness (QED) is 0.793. The third kappa shape index (κ3) is 3.85. The molecule has 0 aromatic heterocycles. The Labute approximate surface area is 113 Å². The van der Waals surface area contributed by atoms with E-state index in [0.29, 0.717) is 18.5 Å². The second kappa shape index (κ2) is 6.00. The van der Waals surface area contributed by atoms with Gasteiger partial charge >= 0.3 is 6.18 Å². The van der Waals surface area contributed by atoms with E-state index in [4.69, 9.17) is 0 Å². The molecular formula is C14H25F3N2. The van der Waals surface area contributed by atoms with Gasteiger partial charge in [-0.05, 0) is 31.1 Å². The molecule has 112 valence electrons. The molecule has 0 aromatic rings. The van der Waals surface area contributed by atoms with E-state index >= 15 is 0 Å². The van der Waals surface area contributed by atoms with Crippen molar-refractivity contribution in [3.05, 3.63) is 0 Å². The predicted molar refractivity (Wildman–Crippen MR) is 70.0 cm³/mol. The van der Waals surface area contributed by atoms with Gasteiger partial charge in [-0.3, -0.25) is 4.90 Å². The van der Waals surface area contributed by atoms with Gasteiger partial charge < -0.3 is 5.32 Å². The Hall–Kier alpha value is -0.290. The molecule has 0 bridgehead atoms. The molecule has 0 aromatic carbocycles. The average Bonchev–Trinajstić information content (AvgIpc) is 2.54. The second-order valence-corrected chi connectivity index (χ2v) is 6.40. The number of rotatable bonds is 1. The first-order valence-corrected chi connectivity index (χ1v) is 7.39. The molecule has 0 amide bonds. The molecule has 4 unspecified atom stereocenters.